The van der Waals surface area contributed by atoms with Gasteiger partial charge in [-0.1, -0.05) is 20.3 Å². The highest BCUT2D eigenvalue weighted by Crippen LogP contribution is 2.05. The molecule has 0 heterocycles. The third kappa shape index (κ3) is 6.98. The molecule has 0 spiro atoms. The minimum atomic E-state index is -3.77. The molecular weight excluding hydrogens is 192 g/mol. The number of hydrogen-bond donors (Lipinski definition) is 0. The molecule has 0 radical (unpaired) electrons. The Balaban J connectivity index is 3.81. The smallest absolute Gasteiger partial charge is 0.248 e. The van der Waals surface area contributed by atoms with Crippen molar-refractivity contribution in [2.75, 3.05) is 6.61 Å². The predicted molar refractivity (Wildman–Crippen MR) is 50.6 cm³/mol. The summed E-state index contributed by atoms with van der Waals surface area (Å²) in [6.07, 6.45) is 1.96. The first-order valence-electron chi connectivity index (χ1n) is 4.59. The molecule has 13 heavy (non-hydrogen) atoms. The van der Waals surface area contributed by atoms with Gasteiger partial charge in [-0.3, -0.25) is 0 Å². The van der Waals surface area contributed by atoms with Crippen LogP contribution in [0.5, 0.6) is 0 Å². The van der Waals surface area contributed by atoms with Crippen molar-refractivity contribution in [2.24, 2.45) is 0 Å². The highest BCUT2D eigenvalue weighted by molar-refractivity contribution is 7.81. The van der Waals surface area contributed by atoms with E-state index in [2.05, 4.69) is 8.37 Å². The Morgan fingerprint density at radius 2 is 1.92 bits per heavy atom. The molecule has 5 heteroatoms. The van der Waals surface area contributed by atoms with E-state index < -0.39 is 10.4 Å². The second-order valence-electron chi connectivity index (χ2n) is 2.90. The minimum absolute atomic E-state index is 0.204. The van der Waals surface area contributed by atoms with Crippen molar-refractivity contribution in [3.05, 3.63) is 0 Å². The Kier molecular flexibility index (Phi) is 6.28. The molecule has 1 atom stereocenters. The average Bonchev–Trinajstić information content (AvgIpc) is 2.03. The second kappa shape index (κ2) is 6.34. The Hall–Kier alpha value is -0.130. The van der Waals surface area contributed by atoms with Gasteiger partial charge in [0.2, 0.25) is 0 Å². The van der Waals surface area contributed by atoms with Gasteiger partial charge < -0.3 is 0 Å². The zero-order valence-electron chi connectivity index (χ0n) is 8.45. The maximum Gasteiger partial charge on any atom is 0.400 e. The van der Waals surface area contributed by atoms with Gasteiger partial charge in [-0.15, -0.1) is 0 Å². The van der Waals surface area contributed by atoms with Crippen LogP contribution < -0.4 is 0 Å². The quantitative estimate of drug-likeness (QED) is 0.602. The largest absolute Gasteiger partial charge is 0.400 e. The highest BCUT2D eigenvalue weighted by Gasteiger charge is 2.14. The van der Waals surface area contributed by atoms with Crippen molar-refractivity contribution in [2.45, 2.75) is 46.1 Å². The van der Waals surface area contributed by atoms with Gasteiger partial charge in [0, 0.05) is 0 Å². The van der Waals surface area contributed by atoms with E-state index in [0.717, 1.165) is 12.8 Å². The molecule has 0 saturated heterocycles. The van der Waals surface area contributed by atoms with Crippen LogP contribution in [0, 0.1) is 0 Å². The van der Waals surface area contributed by atoms with Crippen molar-refractivity contribution >= 4 is 10.4 Å². The van der Waals surface area contributed by atoms with E-state index >= 15 is 0 Å². The second-order valence-corrected chi connectivity index (χ2v) is 4.14. The third-order valence-corrected chi connectivity index (χ3v) is 2.60. The molecule has 0 aliphatic carbocycles. The van der Waals surface area contributed by atoms with Crippen LogP contribution in [0.4, 0.5) is 0 Å². The lowest BCUT2D eigenvalue weighted by molar-refractivity contribution is 0.164. The fourth-order valence-corrected chi connectivity index (χ4v) is 1.52. The number of unbranched alkanes of at least 4 members (excludes halogenated alkanes) is 1. The van der Waals surface area contributed by atoms with Crippen LogP contribution in [0.2, 0.25) is 0 Å². The first kappa shape index (κ1) is 12.9. The van der Waals surface area contributed by atoms with Crippen LogP contribution in [0.3, 0.4) is 0 Å². The molecule has 1 unspecified atom stereocenters. The van der Waals surface area contributed by atoms with Gasteiger partial charge >= 0.3 is 10.4 Å². The molecule has 0 aliphatic rings. The SMILES string of the molecule is CCCCOS(=O)(=O)OC(C)CC. The molecule has 0 aliphatic heterocycles. The minimum Gasteiger partial charge on any atom is -0.248 e. The molecule has 0 bridgehead atoms. The van der Waals surface area contributed by atoms with E-state index in [1.165, 1.54) is 0 Å². The van der Waals surface area contributed by atoms with Gasteiger partial charge in [0.1, 0.15) is 0 Å². The van der Waals surface area contributed by atoms with Crippen LogP contribution in [0.25, 0.3) is 0 Å². The van der Waals surface area contributed by atoms with Gasteiger partial charge in [0.25, 0.3) is 0 Å². The lowest BCUT2D eigenvalue weighted by atomic mass is 10.3. The topological polar surface area (TPSA) is 52.6 Å². The summed E-state index contributed by atoms with van der Waals surface area (Å²) in [5.74, 6) is 0. The molecule has 0 fully saturated rings. The van der Waals surface area contributed by atoms with Crippen molar-refractivity contribution in [3.63, 3.8) is 0 Å². The summed E-state index contributed by atoms with van der Waals surface area (Å²) in [6.45, 7) is 5.72. The molecule has 0 saturated carbocycles. The maximum absolute atomic E-state index is 11.0. The van der Waals surface area contributed by atoms with Gasteiger partial charge in [-0.2, -0.15) is 8.42 Å². The van der Waals surface area contributed by atoms with Crippen molar-refractivity contribution < 1.29 is 16.8 Å². The van der Waals surface area contributed by atoms with Crippen LogP contribution in [-0.4, -0.2) is 21.1 Å². The van der Waals surface area contributed by atoms with Gasteiger partial charge in [-0.25, -0.2) is 8.37 Å². The average molecular weight is 210 g/mol. The summed E-state index contributed by atoms with van der Waals surface area (Å²) in [5, 5.41) is 0. The third-order valence-electron chi connectivity index (χ3n) is 1.58. The summed E-state index contributed by atoms with van der Waals surface area (Å²) in [7, 11) is -3.77. The highest BCUT2D eigenvalue weighted by atomic mass is 32.3. The van der Waals surface area contributed by atoms with Gasteiger partial charge in [0.15, 0.2) is 0 Å². The normalized spacial score (nSPS) is 14.4. The van der Waals surface area contributed by atoms with Gasteiger partial charge in [0.05, 0.1) is 12.7 Å². The molecular formula is C8H18O4S. The molecule has 0 N–H and O–H groups in total. The van der Waals surface area contributed by atoms with Crippen molar-refractivity contribution in [3.8, 4) is 0 Å². The fourth-order valence-electron chi connectivity index (χ4n) is 0.602. The van der Waals surface area contributed by atoms with Crippen molar-refractivity contribution in [1.29, 1.82) is 0 Å². The Labute approximate surface area is 80.6 Å². The summed E-state index contributed by atoms with van der Waals surface area (Å²) in [5.41, 5.74) is 0. The van der Waals surface area contributed by atoms with E-state index in [9.17, 15) is 8.42 Å². The van der Waals surface area contributed by atoms with E-state index in [4.69, 9.17) is 0 Å². The first-order chi connectivity index (χ1) is 6.02. The Morgan fingerprint density at radius 1 is 1.31 bits per heavy atom. The van der Waals surface area contributed by atoms with Gasteiger partial charge in [-0.05, 0) is 19.8 Å². The molecule has 80 valence electrons. The summed E-state index contributed by atoms with van der Waals surface area (Å²) >= 11 is 0. The Bertz CT molecular complexity index is 210. The fraction of sp³-hybridized carbons (Fsp3) is 1.00. The van der Waals surface area contributed by atoms with Crippen LogP contribution in [0.1, 0.15) is 40.0 Å². The van der Waals surface area contributed by atoms with E-state index in [1.54, 1.807) is 6.92 Å². The zero-order chi connectivity index (χ0) is 10.3. The van der Waals surface area contributed by atoms with Crippen LogP contribution >= 0.6 is 0 Å². The molecule has 4 nitrogen and oxygen atoms in total. The van der Waals surface area contributed by atoms with E-state index in [0.29, 0.717) is 6.42 Å². The van der Waals surface area contributed by atoms with E-state index in [1.807, 2.05) is 13.8 Å². The molecule has 0 aromatic rings. The number of hydrogen-bond acceptors (Lipinski definition) is 4. The predicted octanol–water partition coefficient (Wildman–Crippen LogP) is 1.86. The monoisotopic (exact) mass is 210 g/mol. The first-order valence-corrected chi connectivity index (χ1v) is 5.92. The summed E-state index contributed by atoms with van der Waals surface area (Å²) < 4.78 is 31.3. The van der Waals surface area contributed by atoms with Crippen molar-refractivity contribution in [1.82, 2.24) is 0 Å². The standard InChI is InChI=1S/C8H18O4S/c1-4-6-7-11-13(9,10)12-8(3)5-2/h8H,4-7H2,1-3H3. The summed E-state index contributed by atoms with van der Waals surface area (Å²) in [4.78, 5) is 0. The maximum atomic E-state index is 11.0. The summed E-state index contributed by atoms with van der Waals surface area (Å²) in [6, 6.07) is 0. The Morgan fingerprint density at radius 3 is 2.38 bits per heavy atom. The molecule has 0 amide bonds. The molecule has 0 aromatic heterocycles. The van der Waals surface area contributed by atoms with Crippen LogP contribution in [-0.2, 0) is 18.8 Å². The zero-order valence-corrected chi connectivity index (χ0v) is 9.26. The lowest BCUT2D eigenvalue weighted by Gasteiger charge is -2.09. The molecule has 0 aromatic carbocycles. The lowest BCUT2D eigenvalue weighted by Crippen LogP contribution is -2.17. The molecule has 0 rings (SSSR count). The number of rotatable bonds is 7. The van der Waals surface area contributed by atoms with Crippen LogP contribution in [0.15, 0.2) is 0 Å². The van der Waals surface area contributed by atoms with E-state index in [-0.39, 0.29) is 12.7 Å².